The largest absolute Gasteiger partial charge is 0.475 e. The lowest BCUT2D eigenvalue weighted by Gasteiger charge is -2.14. The van der Waals surface area contributed by atoms with Gasteiger partial charge in [-0.2, -0.15) is 0 Å². The average Bonchev–Trinajstić information content (AvgIpc) is 2.45. The Balaban J connectivity index is 2.31. The maximum Gasteiger partial charge on any atom is 0.252 e. The summed E-state index contributed by atoms with van der Waals surface area (Å²) in [5.74, 6) is 0.375. The number of pyridine rings is 1. The standard InChI is InChI=1S/C17H23N3O2/c1-12(2)22-16-11-14(17(21)18-9-10-20(3)4)13-7-5-6-8-15(13)19-16/h5-8,11-12H,9-10H2,1-4H3,(H,18,21). The average molecular weight is 301 g/mol. The van der Waals surface area contributed by atoms with E-state index in [2.05, 4.69) is 10.3 Å². The first kappa shape index (κ1) is 16.2. The number of benzene rings is 1. The first-order valence-electron chi connectivity index (χ1n) is 7.46. The van der Waals surface area contributed by atoms with Gasteiger partial charge in [0.15, 0.2) is 0 Å². The molecule has 0 fully saturated rings. The molecule has 1 aromatic carbocycles. The normalized spacial score (nSPS) is 11.2. The van der Waals surface area contributed by atoms with Crippen LogP contribution in [0.15, 0.2) is 30.3 Å². The van der Waals surface area contributed by atoms with Gasteiger partial charge in [-0.3, -0.25) is 4.79 Å². The van der Waals surface area contributed by atoms with Crippen LogP contribution < -0.4 is 10.1 Å². The van der Waals surface area contributed by atoms with Gasteiger partial charge in [0.1, 0.15) is 0 Å². The molecule has 1 amide bonds. The fourth-order valence-electron chi connectivity index (χ4n) is 2.13. The molecule has 0 saturated carbocycles. The van der Waals surface area contributed by atoms with Crippen LogP contribution in [-0.4, -0.2) is 49.1 Å². The zero-order valence-corrected chi connectivity index (χ0v) is 13.6. The van der Waals surface area contributed by atoms with E-state index in [1.54, 1.807) is 6.07 Å². The number of hydrogen-bond donors (Lipinski definition) is 1. The summed E-state index contributed by atoms with van der Waals surface area (Å²) < 4.78 is 5.66. The van der Waals surface area contributed by atoms with Crippen LogP contribution in [-0.2, 0) is 0 Å². The zero-order valence-electron chi connectivity index (χ0n) is 13.6. The summed E-state index contributed by atoms with van der Waals surface area (Å²) in [4.78, 5) is 18.9. The molecule has 5 heteroatoms. The van der Waals surface area contributed by atoms with Crippen molar-refractivity contribution in [2.45, 2.75) is 20.0 Å². The maximum atomic E-state index is 12.5. The minimum Gasteiger partial charge on any atom is -0.475 e. The van der Waals surface area contributed by atoms with Crippen LogP contribution in [0.4, 0.5) is 0 Å². The first-order valence-corrected chi connectivity index (χ1v) is 7.46. The van der Waals surface area contributed by atoms with E-state index in [0.717, 1.165) is 17.4 Å². The molecule has 1 heterocycles. The Hall–Kier alpha value is -2.14. The topological polar surface area (TPSA) is 54.5 Å². The van der Waals surface area contributed by atoms with E-state index in [9.17, 15) is 4.79 Å². The predicted molar refractivity (Wildman–Crippen MR) is 88.4 cm³/mol. The van der Waals surface area contributed by atoms with Crippen molar-refractivity contribution >= 4 is 16.8 Å². The highest BCUT2D eigenvalue weighted by Crippen LogP contribution is 2.22. The first-order chi connectivity index (χ1) is 10.5. The Bertz CT molecular complexity index is 653. The van der Waals surface area contributed by atoms with Crippen LogP contribution in [0, 0.1) is 0 Å². The quantitative estimate of drug-likeness (QED) is 0.889. The van der Waals surface area contributed by atoms with Gasteiger partial charge in [0.25, 0.3) is 5.91 Å². The minimum atomic E-state index is -0.103. The van der Waals surface area contributed by atoms with Crippen LogP contribution in [0.3, 0.4) is 0 Å². The number of carbonyl (C=O) groups excluding carboxylic acids is 1. The molecule has 0 aliphatic rings. The van der Waals surface area contributed by atoms with Crippen LogP contribution in [0.25, 0.3) is 10.9 Å². The molecule has 2 rings (SSSR count). The van der Waals surface area contributed by atoms with Crippen molar-refractivity contribution in [1.29, 1.82) is 0 Å². The smallest absolute Gasteiger partial charge is 0.252 e. The molecule has 0 aliphatic heterocycles. The fourth-order valence-corrected chi connectivity index (χ4v) is 2.13. The number of ether oxygens (including phenoxy) is 1. The molecule has 0 aliphatic carbocycles. The van der Waals surface area contributed by atoms with E-state index in [4.69, 9.17) is 4.74 Å². The molecule has 0 bridgehead atoms. The van der Waals surface area contributed by atoms with Crippen molar-refractivity contribution in [3.63, 3.8) is 0 Å². The lowest BCUT2D eigenvalue weighted by atomic mass is 10.1. The lowest BCUT2D eigenvalue weighted by molar-refractivity contribution is 0.0952. The number of amides is 1. The number of carbonyl (C=O) groups is 1. The van der Waals surface area contributed by atoms with Gasteiger partial charge >= 0.3 is 0 Å². The van der Waals surface area contributed by atoms with Gasteiger partial charge in [-0.1, -0.05) is 18.2 Å². The number of hydrogen-bond acceptors (Lipinski definition) is 4. The van der Waals surface area contributed by atoms with E-state index in [-0.39, 0.29) is 12.0 Å². The molecular formula is C17H23N3O2. The second-order valence-corrected chi connectivity index (χ2v) is 5.75. The Kier molecular flexibility index (Phi) is 5.33. The highest BCUT2D eigenvalue weighted by Gasteiger charge is 2.14. The van der Waals surface area contributed by atoms with Gasteiger partial charge in [0.2, 0.25) is 5.88 Å². The summed E-state index contributed by atoms with van der Waals surface area (Å²) in [5.41, 5.74) is 1.36. The molecule has 118 valence electrons. The second-order valence-electron chi connectivity index (χ2n) is 5.75. The molecule has 22 heavy (non-hydrogen) atoms. The van der Waals surface area contributed by atoms with E-state index in [1.807, 2.05) is 57.1 Å². The molecule has 0 radical (unpaired) electrons. The van der Waals surface area contributed by atoms with Crippen LogP contribution in [0.1, 0.15) is 24.2 Å². The van der Waals surface area contributed by atoms with Crippen LogP contribution in [0.2, 0.25) is 0 Å². The second kappa shape index (κ2) is 7.22. The molecule has 5 nitrogen and oxygen atoms in total. The molecule has 2 aromatic rings. The van der Waals surface area contributed by atoms with Gasteiger partial charge in [-0.05, 0) is 34.0 Å². The minimum absolute atomic E-state index is 0.0123. The van der Waals surface area contributed by atoms with Crippen LogP contribution in [0.5, 0.6) is 5.88 Å². The van der Waals surface area contributed by atoms with E-state index in [0.29, 0.717) is 18.0 Å². The van der Waals surface area contributed by atoms with Gasteiger partial charge < -0.3 is 15.0 Å². The number of likely N-dealkylation sites (N-methyl/N-ethyl adjacent to an activating group) is 1. The van der Waals surface area contributed by atoms with Crippen LogP contribution >= 0.6 is 0 Å². The van der Waals surface area contributed by atoms with Gasteiger partial charge in [0.05, 0.1) is 17.2 Å². The molecule has 1 aromatic heterocycles. The van der Waals surface area contributed by atoms with E-state index >= 15 is 0 Å². The number of nitrogens with zero attached hydrogens (tertiary/aromatic N) is 2. The number of nitrogens with one attached hydrogen (secondary N) is 1. The van der Waals surface area contributed by atoms with Gasteiger partial charge in [0, 0.05) is 24.5 Å². The summed E-state index contributed by atoms with van der Waals surface area (Å²) in [5, 5.41) is 3.77. The Labute approximate surface area is 131 Å². The number of rotatable bonds is 6. The lowest BCUT2D eigenvalue weighted by Crippen LogP contribution is -2.31. The molecule has 1 N–H and O–H groups in total. The Morgan fingerprint density at radius 2 is 2.05 bits per heavy atom. The van der Waals surface area contributed by atoms with Crippen molar-refractivity contribution in [3.05, 3.63) is 35.9 Å². The Morgan fingerprint density at radius 1 is 1.32 bits per heavy atom. The third-order valence-corrected chi connectivity index (χ3v) is 3.14. The molecule has 0 unspecified atom stereocenters. The molecule has 0 spiro atoms. The van der Waals surface area contributed by atoms with Crippen molar-refractivity contribution in [1.82, 2.24) is 15.2 Å². The zero-order chi connectivity index (χ0) is 16.1. The third kappa shape index (κ3) is 4.18. The number of aromatic nitrogens is 1. The summed E-state index contributed by atoms with van der Waals surface area (Å²) >= 11 is 0. The number of para-hydroxylation sites is 1. The van der Waals surface area contributed by atoms with Gasteiger partial charge in [-0.25, -0.2) is 4.98 Å². The maximum absolute atomic E-state index is 12.5. The van der Waals surface area contributed by atoms with E-state index < -0.39 is 0 Å². The van der Waals surface area contributed by atoms with Crippen molar-refractivity contribution in [2.75, 3.05) is 27.2 Å². The van der Waals surface area contributed by atoms with E-state index in [1.165, 1.54) is 0 Å². The van der Waals surface area contributed by atoms with Crippen molar-refractivity contribution < 1.29 is 9.53 Å². The number of fused-ring (bicyclic) bond motifs is 1. The van der Waals surface area contributed by atoms with Crippen molar-refractivity contribution in [3.8, 4) is 5.88 Å². The monoisotopic (exact) mass is 301 g/mol. The van der Waals surface area contributed by atoms with Gasteiger partial charge in [-0.15, -0.1) is 0 Å². The molecule has 0 atom stereocenters. The predicted octanol–water partition coefficient (Wildman–Crippen LogP) is 2.31. The molecule has 0 saturated heterocycles. The highest BCUT2D eigenvalue weighted by atomic mass is 16.5. The summed E-state index contributed by atoms with van der Waals surface area (Å²) in [6.45, 7) is 5.27. The summed E-state index contributed by atoms with van der Waals surface area (Å²) in [6, 6.07) is 9.32. The third-order valence-electron chi connectivity index (χ3n) is 3.14. The molecular weight excluding hydrogens is 278 g/mol. The summed E-state index contributed by atoms with van der Waals surface area (Å²) in [6.07, 6.45) is 0.0123. The Morgan fingerprint density at radius 3 is 2.73 bits per heavy atom. The van der Waals surface area contributed by atoms with Crippen molar-refractivity contribution in [2.24, 2.45) is 0 Å². The highest BCUT2D eigenvalue weighted by molar-refractivity contribution is 6.06. The fraction of sp³-hybridized carbons (Fsp3) is 0.412. The SMILES string of the molecule is CC(C)Oc1cc(C(=O)NCCN(C)C)c2ccccc2n1. The summed E-state index contributed by atoms with van der Waals surface area (Å²) in [7, 11) is 3.95.